The normalized spacial score (nSPS) is 12.3. The van der Waals surface area contributed by atoms with E-state index in [4.69, 9.17) is 18.9 Å². The van der Waals surface area contributed by atoms with Gasteiger partial charge in [-0.05, 0) is 76.1 Å². The van der Waals surface area contributed by atoms with E-state index in [1.165, 1.54) is 0 Å². The molecule has 0 fully saturated rings. The van der Waals surface area contributed by atoms with E-state index in [-0.39, 0.29) is 12.2 Å². The molecule has 0 saturated heterocycles. The van der Waals surface area contributed by atoms with Gasteiger partial charge in [0.05, 0.1) is 12.2 Å². The Morgan fingerprint density at radius 2 is 1.53 bits per heavy atom. The standard InChI is InChI=1S/C26H34O6/c1-6-29-25(26(27)28)16-20-9-11-22(12-10-20)30-13-7-8-21-14-23(31-18(2)3)17-24(15-21)32-19(4)5/h7-12,14-15,17-19,25H,6,13,16H2,1-5H3,(H,27,28)/b8-7+. The van der Waals surface area contributed by atoms with Crippen molar-refractivity contribution in [2.45, 2.75) is 59.4 Å². The molecule has 0 bridgehead atoms. The van der Waals surface area contributed by atoms with Gasteiger partial charge in [0.2, 0.25) is 0 Å². The zero-order valence-electron chi connectivity index (χ0n) is 19.5. The number of hydrogen-bond acceptors (Lipinski definition) is 5. The number of carbonyl (C=O) groups is 1. The average molecular weight is 443 g/mol. The van der Waals surface area contributed by atoms with E-state index in [1.807, 2.05) is 82.3 Å². The number of benzene rings is 2. The smallest absolute Gasteiger partial charge is 0.333 e. The average Bonchev–Trinajstić information content (AvgIpc) is 2.71. The predicted molar refractivity (Wildman–Crippen MR) is 126 cm³/mol. The molecule has 0 amide bonds. The van der Waals surface area contributed by atoms with E-state index in [0.717, 1.165) is 22.6 Å². The van der Waals surface area contributed by atoms with Gasteiger partial charge >= 0.3 is 5.97 Å². The van der Waals surface area contributed by atoms with Crippen molar-refractivity contribution in [1.29, 1.82) is 0 Å². The highest BCUT2D eigenvalue weighted by Crippen LogP contribution is 2.25. The second-order valence-corrected chi connectivity index (χ2v) is 7.91. The highest BCUT2D eigenvalue weighted by molar-refractivity contribution is 5.72. The Labute approximate surface area is 190 Å². The van der Waals surface area contributed by atoms with Crippen LogP contribution in [0.2, 0.25) is 0 Å². The summed E-state index contributed by atoms with van der Waals surface area (Å²) in [4.78, 5) is 11.2. The van der Waals surface area contributed by atoms with Gasteiger partial charge in [-0.25, -0.2) is 4.79 Å². The van der Waals surface area contributed by atoms with E-state index < -0.39 is 12.1 Å². The molecule has 32 heavy (non-hydrogen) atoms. The molecule has 0 aliphatic rings. The summed E-state index contributed by atoms with van der Waals surface area (Å²) < 4.78 is 22.7. The van der Waals surface area contributed by atoms with E-state index in [1.54, 1.807) is 6.92 Å². The molecule has 2 aromatic rings. The fourth-order valence-corrected chi connectivity index (χ4v) is 3.05. The number of carboxylic acids is 1. The van der Waals surface area contributed by atoms with Crippen LogP contribution in [0.4, 0.5) is 0 Å². The molecule has 174 valence electrons. The molecule has 0 aromatic heterocycles. The molecule has 6 nitrogen and oxygen atoms in total. The molecular formula is C26H34O6. The molecule has 1 unspecified atom stereocenters. The molecule has 2 rings (SSSR count). The zero-order chi connectivity index (χ0) is 23.5. The van der Waals surface area contributed by atoms with Crippen molar-refractivity contribution in [2.75, 3.05) is 13.2 Å². The third-order valence-corrected chi connectivity index (χ3v) is 4.29. The first-order chi connectivity index (χ1) is 15.3. The zero-order valence-corrected chi connectivity index (χ0v) is 19.5. The van der Waals surface area contributed by atoms with Crippen LogP contribution in [0.3, 0.4) is 0 Å². The Bertz CT molecular complexity index is 842. The van der Waals surface area contributed by atoms with Crippen molar-refractivity contribution in [2.24, 2.45) is 0 Å². The van der Waals surface area contributed by atoms with Gasteiger partial charge in [-0.1, -0.05) is 18.2 Å². The van der Waals surface area contributed by atoms with Gasteiger partial charge in [0.15, 0.2) is 6.10 Å². The Morgan fingerprint density at radius 3 is 2.03 bits per heavy atom. The lowest BCUT2D eigenvalue weighted by atomic mass is 10.1. The maximum absolute atomic E-state index is 11.2. The summed E-state index contributed by atoms with van der Waals surface area (Å²) in [6, 6.07) is 13.2. The maximum Gasteiger partial charge on any atom is 0.333 e. The van der Waals surface area contributed by atoms with Crippen LogP contribution in [0.1, 0.15) is 45.7 Å². The lowest BCUT2D eigenvalue weighted by molar-refractivity contribution is -0.149. The lowest BCUT2D eigenvalue weighted by Crippen LogP contribution is -2.26. The van der Waals surface area contributed by atoms with E-state index >= 15 is 0 Å². The molecule has 0 spiro atoms. The highest BCUT2D eigenvalue weighted by Gasteiger charge is 2.17. The molecule has 0 aliphatic carbocycles. The Balaban J connectivity index is 1.96. The second-order valence-electron chi connectivity index (χ2n) is 7.91. The third-order valence-electron chi connectivity index (χ3n) is 4.29. The highest BCUT2D eigenvalue weighted by atomic mass is 16.5. The number of rotatable bonds is 13. The van der Waals surface area contributed by atoms with Gasteiger partial charge in [0.25, 0.3) is 0 Å². The number of ether oxygens (including phenoxy) is 4. The minimum atomic E-state index is -0.956. The Kier molecular flexibility index (Phi) is 10.1. The fraction of sp³-hybridized carbons (Fsp3) is 0.423. The van der Waals surface area contributed by atoms with Crippen molar-refractivity contribution in [3.63, 3.8) is 0 Å². The Hall–Kier alpha value is -2.99. The lowest BCUT2D eigenvalue weighted by Gasteiger charge is -2.15. The molecule has 0 radical (unpaired) electrons. The van der Waals surface area contributed by atoms with Gasteiger partial charge in [-0.3, -0.25) is 0 Å². The summed E-state index contributed by atoms with van der Waals surface area (Å²) >= 11 is 0. The minimum absolute atomic E-state index is 0.0757. The van der Waals surface area contributed by atoms with Gasteiger partial charge in [0.1, 0.15) is 23.9 Å². The number of aliphatic carboxylic acids is 1. The quantitative estimate of drug-likeness (QED) is 0.449. The van der Waals surface area contributed by atoms with Gasteiger partial charge in [-0.2, -0.15) is 0 Å². The fourth-order valence-electron chi connectivity index (χ4n) is 3.05. The largest absolute Gasteiger partial charge is 0.491 e. The van der Waals surface area contributed by atoms with Gasteiger partial charge < -0.3 is 24.1 Å². The summed E-state index contributed by atoms with van der Waals surface area (Å²) in [6.07, 6.45) is 3.53. The minimum Gasteiger partial charge on any atom is -0.491 e. The van der Waals surface area contributed by atoms with Crippen LogP contribution in [0, 0.1) is 0 Å². The van der Waals surface area contributed by atoms with Crippen LogP contribution < -0.4 is 14.2 Å². The monoisotopic (exact) mass is 442 g/mol. The molecular weight excluding hydrogens is 408 g/mol. The van der Waals surface area contributed by atoms with E-state index in [0.29, 0.717) is 25.4 Å². The van der Waals surface area contributed by atoms with Gasteiger partial charge in [-0.15, -0.1) is 0 Å². The van der Waals surface area contributed by atoms with E-state index in [2.05, 4.69) is 0 Å². The molecule has 0 heterocycles. The first-order valence-corrected chi connectivity index (χ1v) is 11.0. The van der Waals surface area contributed by atoms with Gasteiger partial charge in [0, 0.05) is 19.1 Å². The topological polar surface area (TPSA) is 74.2 Å². The molecule has 1 N–H and O–H groups in total. The predicted octanol–water partition coefficient (Wildman–Crippen LogP) is 5.39. The van der Waals surface area contributed by atoms with Crippen molar-refractivity contribution in [3.8, 4) is 17.2 Å². The maximum atomic E-state index is 11.2. The van der Waals surface area contributed by atoms with Crippen molar-refractivity contribution in [1.82, 2.24) is 0 Å². The SMILES string of the molecule is CCOC(Cc1ccc(OC/C=C/c2cc(OC(C)C)cc(OC(C)C)c2)cc1)C(=O)O. The molecule has 1 atom stereocenters. The third kappa shape index (κ3) is 9.02. The summed E-state index contributed by atoms with van der Waals surface area (Å²) in [5.41, 5.74) is 1.85. The number of carboxylic acid groups (broad SMARTS) is 1. The van der Waals surface area contributed by atoms with Crippen LogP contribution in [0.5, 0.6) is 17.2 Å². The molecule has 0 aliphatic heterocycles. The van der Waals surface area contributed by atoms with Crippen LogP contribution >= 0.6 is 0 Å². The number of hydrogen-bond donors (Lipinski definition) is 1. The summed E-state index contributed by atoms with van der Waals surface area (Å²) in [5.74, 6) is 1.28. The van der Waals surface area contributed by atoms with Crippen molar-refractivity contribution >= 4 is 12.0 Å². The van der Waals surface area contributed by atoms with Crippen molar-refractivity contribution in [3.05, 3.63) is 59.7 Å². The summed E-state index contributed by atoms with van der Waals surface area (Å²) in [6.45, 7) is 10.5. The first-order valence-electron chi connectivity index (χ1n) is 11.0. The molecule has 0 saturated carbocycles. The summed E-state index contributed by atoms with van der Waals surface area (Å²) in [5, 5.41) is 9.20. The van der Waals surface area contributed by atoms with Crippen LogP contribution in [-0.2, 0) is 16.0 Å². The molecule has 6 heteroatoms. The van der Waals surface area contributed by atoms with Crippen molar-refractivity contribution < 1.29 is 28.8 Å². The first kappa shape index (κ1) is 25.3. The molecule has 2 aromatic carbocycles. The second kappa shape index (κ2) is 12.8. The Morgan fingerprint density at radius 1 is 0.938 bits per heavy atom. The summed E-state index contributed by atoms with van der Waals surface area (Å²) in [7, 11) is 0. The van der Waals surface area contributed by atoms with E-state index in [9.17, 15) is 9.90 Å². The van der Waals surface area contributed by atoms with Crippen LogP contribution in [-0.4, -0.2) is 42.6 Å². The van der Waals surface area contributed by atoms with Crippen LogP contribution in [0.15, 0.2) is 48.5 Å². The van der Waals surface area contributed by atoms with Crippen LogP contribution in [0.25, 0.3) is 6.08 Å².